The molecule has 0 aromatic heterocycles. The Morgan fingerprint density at radius 2 is 1.85 bits per heavy atom. The fraction of sp³-hybridized carbons (Fsp3) is 0.300. The Hall–Kier alpha value is -1.55. The molecule has 0 spiro atoms. The second kappa shape index (κ2) is 7.99. The summed E-state index contributed by atoms with van der Waals surface area (Å²) in [7, 11) is 0. The summed E-state index contributed by atoms with van der Waals surface area (Å²) in [5.74, 6) is 0.786. The van der Waals surface area contributed by atoms with Crippen molar-refractivity contribution in [3.8, 4) is 0 Å². The minimum absolute atomic E-state index is 0. The van der Waals surface area contributed by atoms with Crippen LogP contribution in [0.2, 0.25) is 10.0 Å². The third kappa shape index (κ3) is 3.75. The summed E-state index contributed by atoms with van der Waals surface area (Å²) in [5.41, 5.74) is 1.94. The molecule has 0 aliphatic carbocycles. The second-order valence-electron chi connectivity index (χ2n) is 6.70. The molecule has 0 unspecified atom stereocenters. The van der Waals surface area contributed by atoms with Gasteiger partial charge in [-0.3, -0.25) is 9.79 Å². The highest BCUT2D eigenvalue weighted by atomic mass is 35.5. The van der Waals surface area contributed by atoms with Crippen LogP contribution < -0.4 is 0 Å². The van der Waals surface area contributed by atoms with Gasteiger partial charge in [-0.1, -0.05) is 47.5 Å². The van der Waals surface area contributed by atoms with Gasteiger partial charge in [0.05, 0.1) is 22.1 Å². The molecule has 6 heteroatoms. The first kappa shape index (κ1) is 20.8. The highest BCUT2D eigenvalue weighted by Crippen LogP contribution is 2.29. The number of amidine groups is 1. The molecule has 2 aromatic rings. The summed E-state index contributed by atoms with van der Waals surface area (Å²) >= 11 is 12.0. The number of hydrogen-bond donors (Lipinski definition) is 0. The Morgan fingerprint density at radius 1 is 1.15 bits per heavy atom. The Labute approximate surface area is 170 Å². The normalized spacial score (nSPS) is 15.4. The third-order valence-corrected chi connectivity index (χ3v) is 5.25. The number of carbonyl (C=O) groups excluding carboxylic acids is 1. The quantitative estimate of drug-likeness (QED) is 0.622. The van der Waals surface area contributed by atoms with Crippen molar-refractivity contribution >= 4 is 47.2 Å². The van der Waals surface area contributed by atoms with Crippen molar-refractivity contribution in [3.05, 3.63) is 69.2 Å². The maximum Gasteiger partial charge on any atom is 0.193 e. The molecule has 3 rings (SSSR count). The molecule has 138 valence electrons. The zero-order chi connectivity index (χ0) is 18.2. The average Bonchev–Trinajstić information content (AvgIpc) is 2.91. The number of benzene rings is 2. The fourth-order valence-corrected chi connectivity index (χ4v) is 3.50. The zero-order valence-corrected chi connectivity index (χ0v) is 17.3. The van der Waals surface area contributed by atoms with Crippen molar-refractivity contribution in [2.24, 2.45) is 4.99 Å². The first-order valence-corrected chi connectivity index (χ1v) is 9.02. The van der Waals surface area contributed by atoms with Crippen molar-refractivity contribution in [2.45, 2.75) is 26.3 Å². The molecule has 2 aromatic carbocycles. The van der Waals surface area contributed by atoms with E-state index in [2.05, 4.69) is 25.7 Å². The minimum Gasteiger partial charge on any atom is -0.350 e. The summed E-state index contributed by atoms with van der Waals surface area (Å²) in [6.07, 6.45) is 0. The van der Waals surface area contributed by atoms with Crippen molar-refractivity contribution in [2.75, 3.05) is 13.1 Å². The van der Waals surface area contributed by atoms with Crippen LogP contribution in [0.15, 0.2) is 47.5 Å². The van der Waals surface area contributed by atoms with E-state index in [0.717, 1.165) is 17.9 Å². The zero-order valence-electron chi connectivity index (χ0n) is 14.9. The van der Waals surface area contributed by atoms with Gasteiger partial charge in [-0.2, -0.15) is 0 Å². The van der Waals surface area contributed by atoms with Crippen molar-refractivity contribution in [1.82, 2.24) is 4.90 Å². The molecule has 0 fully saturated rings. The van der Waals surface area contributed by atoms with Crippen LogP contribution >= 0.6 is 35.6 Å². The van der Waals surface area contributed by atoms with E-state index >= 15 is 0 Å². The van der Waals surface area contributed by atoms with E-state index in [4.69, 9.17) is 28.2 Å². The lowest BCUT2D eigenvalue weighted by atomic mass is 9.96. The van der Waals surface area contributed by atoms with Gasteiger partial charge in [0.1, 0.15) is 5.84 Å². The van der Waals surface area contributed by atoms with Gasteiger partial charge in [0.2, 0.25) is 0 Å². The van der Waals surface area contributed by atoms with Crippen LogP contribution in [-0.4, -0.2) is 35.1 Å². The predicted molar refractivity (Wildman–Crippen MR) is 111 cm³/mol. The number of aliphatic imine (C=N–C) groups is 1. The Kier molecular flexibility index (Phi) is 6.38. The predicted octanol–water partition coefficient (Wildman–Crippen LogP) is 5.51. The molecular weight excluding hydrogens is 391 g/mol. The number of likely N-dealkylation sites (N-methyl/N-ethyl adjacent to an activating group) is 1. The SMILES string of the molecule is CCN1C(c2ccccc2C(=O)c2ccc(Cl)c(Cl)c2)=NCC1(C)C.Cl. The summed E-state index contributed by atoms with van der Waals surface area (Å²) in [5, 5.41) is 0.810. The third-order valence-electron chi connectivity index (χ3n) is 4.51. The van der Waals surface area contributed by atoms with Crippen LogP contribution in [0, 0.1) is 0 Å². The molecular formula is C20H21Cl3N2O. The topological polar surface area (TPSA) is 32.7 Å². The molecule has 0 saturated carbocycles. The first-order valence-electron chi connectivity index (χ1n) is 8.26. The minimum atomic E-state index is -0.0855. The van der Waals surface area contributed by atoms with Crippen molar-refractivity contribution in [1.29, 1.82) is 0 Å². The van der Waals surface area contributed by atoms with Gasteiger partial charge in [-0.25, -0.2) is 0 Å². The van der Waals surface area contributed by atoms with E-state index in [1.165, 1.54) is 0 Å². The molecule has 0 radical (unpaired) electrons. The van der Waals surface area contributed by atoms with Crippen LogP contribution in [0.5, 0.6) is 0 Å². The molecule has 0 amide bonds. The van der Waals surface area contributed by atoms with Crippen molar-refractivity contribution in [3.63, 3.8) is 0 Å². The molecule has 26 heavy (non-hydrogen) atoms. The number of nitrogens with zero attached hydrogens (tertiary/aromatic N) is 2. The smallest absolute Gasteiger partial charge is 0.193 e. The van der Waals surface area contributed by atoms with Gasteiger partial charge in [-0.05, 0) is 39.0 Å². The van der Waals surface area contributed by atoms with E-state index in [-0.39, 0.29) is 23.7 Å². The molecule has 1 aliphatic heterocycles. The first-order chi connectivity index (χ1) is 11.8. The number of hydrogen-bond acceptors (Lipinski definition) is 3. The molecule has 1 heterocycles. The van der Waals surface area contributed by atoms with Gasteiger partial charge in [0.25, 0.3) is 0 Å². The molecule has 1 aliphatic rings. The standard InChI is InChI=1S/C20H20Cl2N2O.ClH/c1-4-24-19(23-12-20(24,2)3)15-8-6-5-7-14(15)18(25)13-9-10-16(21)17(22)11-13;/h5-11H,4,12H2,1-3H3;1H. The van der Waals surface area contributed by atoms with Crippen LogP contribution in [0.3, 0.4) is 0 Å². The van der Waals surface area contributed by atoms with Crippen LogP contribution in [0.1, 0.15) is 42.3 Å². The lowest BCUT2D eigenvalue weighted by Crippen LogP contribution is -2.45. The number of carbonyl (C=O) groups is 1. The molecule has 0 N–H and O–H groups in total. The number of rotatable bonds is 4. The lowest BCUT2D eigenvalue weighted by molar-refractivity contribution is 0.103. The summed E-state index contributed by atoms with van der Waals surface area (Å²) in [6, 6.07) is 12.5. The lowest BCUT2D eigenvalue weighted by Gasteiger charge is -2.33. The number of halogens is 3. The largest absolute Gasteiger partial charge is 0.350 e. The monoisotopic (exact) mass is 410 g/mol. The Bertz CT molecular complexity index is 862. The highest BCUT2D eigenvalue weighted by Gasteiger charge is 2.35. The van der Waals surface area contributed by atoms with Gasteiger partial charge in [-0.15, -0.1) is 12.4 Å². The van der Waals surface area contributed by atoms with Crippen LogP contribution in [0.4, 0.5) is 0 Å². The summed E-state index contributed by atoms with van der Waals surface area (Å²) in [4.78, 5) is 20.0. The van der Waals surface area contributed by atoms with Gasteiger partial charge in [0, 0.05) is 23.2 Å². The van der Waals surface area contributed by atoms with Gasteiger partial charge >= 0.3 is 0 Å². The van der Waals surface area contributed by atoms with E-state index < -0.39 is 0 Å². The van der Waals surface area contributed by atoms with E-state index in [9.17, 15) is 4.79 Å². The van der Waals surface area contributed by atoms with E-state index in [1.54, 1.807) is 18.2 Å². The van der Waals surface area contributed by atoms with E-state index in [0.29, 0.717) is 27.7 Å². The number of ketones is 1. The summed E-state index contributed by atoms with van der Waals surface area (Å²) in [6.45, 7) is 7.98. The molecule has 0 atom stereocenters. The van der Waals surface area contributed by atoms with Gasteiger partial charge in [0.15, 0.2) is 5.78 Å². The molecule has 0 saturated heterocycles. The average molecular weight is 412 g/mol. The van der Waals surface area contributed by atoms with Crippen LogP contribution in [-0.2, 0) is 0 Å². The maximum atomic E-state index is 13.1. The van der Waals surface area contributed by atoms with Gasteiger partial charge < -0.3 is 4.90 Å². The van der Waals surface area contributed by atoms with Crippen LogP contribution in [0.25, 0.3) is 0 Å². The molecule has 3 nitrogen and oxygen atoms in total. The fourth-order valence-electron chi connectivity index (χ4n) is 3.20. The second-order valence-corrected chi connectivity index (χ2v) is 7.51. The maximum absolute atomic E-state index is 13.1. The molecule has 0 bridgehead atoms. The van der Waals surface area contributed by atoms with E-state index in [1.807, 2.05) is 24.3 Å². The highest BCUT2D eigenvalue weighted by molar-refractivity contribution is 6.42. The Balaban J connectivity index is 0.00000243. The Morgan fingerprint density at radius 3 is 2.50 bits per heavy atom. The summed E-state index contributed by atoms with van der Waals surface area (Å²) < 4.78 is 0. The van der Waals surface area contributed by atoms with Crippen molar-refractivity contribution < 1.29 is 4.79 Å².